The number of hydrogen-bond donors (Lipinski definition) is 0. The molecular formula is C18H23NO. The molecule has 5 rings (SSSR count). The first-order valence-electron chi connectivity index (χ1n) is 8.02. The van der Waals surface area contributed by atoms with Crippen molar-refractivity contribution in [1.29, 1.82) is 0 Å². The van der Waals surface area contributed by atoms with E-state index in [1.807, 2.05) is 18.2 Å². The van der Waals surface area contributed by atoms with E-state index in [9.17, 15) is 0 Å². The van der Waals surface area contributed by atoms with Crippen molar-refractivity contribution in [3.8, 4) is 0 Å². The second-order valence-corrected chi connectivity index (χ2v) is 7.27. The van der Waals surface area contributed by atoms with Crippen molar-refractivity contribution in [3.05, 3.63) is 35.9 Å². The summed E-state index contributed by atoms with van der Waals surface area (Å²) in [6.07, 6.45) is 10.7. The van der Waals surface area contributed by atoms with Gasteiger partial charge in [0.1, 0.15) is 6.61 Å². The van der Waals surface area contributed by atoms with Gasteiger partial charge >= 0.3 is 0 Å². The molecule has 4 fully saturated rings. The summed E-state index contributed by atoms with van der Waals surface area (Å²) in [5, 5.41) is 4.33. The van der Waals surface area contributed by atoms with Gasteiger partial charge in [-0.2, -0.15) is 0 Å². The van der Waals surface area contributed by atoms with Crippen LogP contribution in [0, 0.1) is 23.2 Å². The van der Waals surface area contributed by atoms with Crippen LogP contribution >= 0.6 is 0 Å². The quantitative estimate of drug-likeness (QED) is 0.586. The number of hydrogen-bond acceptors (Lipinski definition) is 2. The molecule has 0 saturated heterocycles. The molecule has 2 nitrogen and oxygen atoms in total. The number of benzene rings is 1. The number of nitrogens with zero attached hydrogens (tertiary/aromatic N) is 1. The number of rotatable bonds is 4. The van der Waals surface area contributed by atoms with Crippen LogP contribution < -0.4 is 0 Å². The Balaban J connectivity index is 1.38. The van der Waals surface area contributed by atoms with E-state index >= 15 is 0 Å². The minimum atomic E-state index is 0.380. The first kappa shape index (κ1) is 12.4. The molecule has 4 bridgehead atoms. The highest BCUT2D eigenvalue weighted by Gasteiger charge is 2.50. The fourth-order valence-electron chi connectivity index (χ4n) is 5.17. The van der Waals surface area contributed by atoms with Crippen molar-refractivity contribution in [2.45, 2.75) is 45.1 Å². The third-order valence-electron chi connectivity index (χ3n) is 5.56. The lowest BCUT2D eigenvalue weighted by Crippen LogP contribution is -2.46. The number of oxime groups is 1. The Kier molecular flexibility index (Phi) is 3.05. The molecule has 0 atom stereocenters. The Hall–Kier alpha value is -1.31. The van der Waals surface area contributed by atoms with Gasteiger partial charge < -0.3 is 4.84 Å². The van der Waals surface area contributed by atoms with Crippen LogP contribution in [-0.2, 0) is 11.4 Å². The van der Waals surface area contributed by atoms with Crippen LogP contribution in [0.15, 0.2) is 35.5 Å². The van der Waals surface area contributed by atoms with E-state index in [0.29, 0.717) is 12.0 Å². The summed E-state index contributed by atoms with van der Waals surface area (Å²) in [5.74, 6) is 2.92. The molecule has 20 heavy (non-hydrogen) atoms. The topological polar surface area (TPSA) is 21.6 Å². The predicted molar refractivity (Wildman–Crippen MR) is 80.3 cm³/mol. The molecule has 106 valence electrons. The molecule has 1 aromatic rings. The summed E-state index contributed by atoms with van der Waals surface area (Å²) < 4.78 is 0. The summed E-state index contributed by atoms with van der Waals surface area (Å²) >= 11 is 0. The lowest BCUT2D eigenvalue weighted by atomic mass is 9.50. The maximum absolute atomic E-state index is 5.53. The van der Waals surface area contributed by atoms with Gasteiger partial charge in [0.2, 0.25) is 0 Å². The van der Waals surface area contributed by atoms with Crippen molar-refractivity contribution in [3.63, 3.8) is 0 Å². The fourth-order valence-corrected chi connectivity index (χ4v) is 5.17. The molecule has 0 aromatic heterocycles. The zero-order valence-corrected chi connectivity index (χ0v) is 12.0. The van der Waals surface area contributed by atoms with Crippen molar-refractivity contribution < 1.29 is 4.84 Å². The van der Waals surface area contributed by atoms with Crippen LogP contribution in [0.5, 0.6) is 0 Å². The van der Waals surface area contributed by atoms with Gasteiger partial charge in [0.15, 0.2) is 0 Å². The molecule has 4 saturated carbocycles. The van der Waals surface area contributed by atoms with E-state index in [2.05, 4.69) is 23.5 Å². The smallest absolute Gasteiger partial charge is 0.142 e. The van der Waals surface area contributed by atoms with Crippen LogP contribution in [-0.4, -0.2) is 6.21 Å². The van der Waals surface area contributed by atoms with Crippen molar-refractivity contribution in [2.75, 3.05) is 0 Å². The van der Waals surface area contributed by atoms with Gasteiger partial charge in [-0.15, -0.1) is 0 Å². The maximum atomic E-state index is 5.53. The monoisotopic (exact) mass is 269 g/mol. The van der Waals surface area contributed by atoms with Crippen LogP contribution in [0.4, 0.5) is 0 Å². The summed E-state index contributed by atoms with van der Waals surface area (Å²) in [6, 6.07) is 10.3. The van der Waals surface area contributed by atoms with Crippen molar-refractivity contribution >= 4 is 6.21 Å². The Morgan fingerprint density at radius 3 is 2.20 bits per heavy atom. The first-order chi connectivity index (χ1) is 9.81. The lowest BCUT2D eigenvalue weighted by Gasteiger charge is -2.55. The van der Waals surface area contributed by atoms with Gasteiger partial charge in [0, 0.05) is 11.6 Å². The molecule has 0 N–H and O–H groups in total. The van der Waals surface area contributed by atoms with Crippen LogP contribution in [0.2, 0.25) is 0 Å². The summed E-state index contributed by atoms with van der Waals surface area (Å²) in [4.78, 5) is 5.53. The third-order valence-corrected chi connectivity index (χ3v) is 5.56. The average molecular weight is 269 g/mol. The highest BCUT2D eigenvalue weighted by atomic mass is 16.6. The van der Waals surface area contributed by atoms with Gasteiger partial charge in [0.25, 0.3) is 0 Å². The SMILES string of the molecule is C(=N/OCc1ccccc1)/C12CC3CC(CC(C3)C1)C2. The standard InChI is InChI=1S/C18H23NO/c1-2-4-14(5-3-1)12-20-19-13-18-9-15-6-16(10-18)8-17(7-15)11-18/h1-5,13,15-17H,6-12H2/b19-13-. The van der Waals surface area contributed by atoms with E-state index in [1.54, 1.807) is 0 Å². The van der Waals surface area contributed by atoms with Gasteiger partial charge in [0.05, 0.1) is 0 Å². The third kappa shape index (κ3) is 2.36. The van der Waals surface area contributed by atoms with E-state index < -0.39 is 0 Å². The molecule has 0 radical (unpaired) electrons. The second kappa shape index (κ2) is 4.91. The fraction of sp³-hybridized carbons (Fsp3) is 0.611. The van der Waals surface area contributed by atoms with E-state index in [-0.39, 0.29) is 0 Å². The van der Waals surface area contributed by atoms with Gasteiger partial charge in [-0.3, -0.25) is 0 Å². The Bertz CT molecular complexity index is 458. The second-order valence-electron chi connectivity index (χ2n) is 7.27. The van der Waals surface area contributed by atoms with Gasteiger partial charge in [-0.1, -0.05) is 35.5 Å². The van der Waals surface area contributed by atoms with Gasteiger partial charge in [-0.05, 0) is 61.8 Å². The first-order valence-corrected chi connectivity index (χ1v) is 8.02. The Morgan fingerprint density at radius 1 is 1.00 bits per heavy atom. The zero-order valence-electron chi connectivity index (χ0n) is 12.0. The zero-order chi connectivity index (χ0) is 13.4. The molecular weight excluding hydrogens is 246 g/mol. The predicted octanol–water partition coefficient (Wildman–Crippen LogP) is 4.41. The maximum Gasteiger partial charge on any atom is 0.142 e. The Labute approximate surface area is 121 Å². The highest BCUT2D eigenvalue weighted by Crippen LogP contribution is 2.59. The van der Waals surface area contributed by atoms with E-state index in [4.69, 9.17) is 4.84 Å². The molecule has 4 aliphatic carbocycles. The molecule has 0 amide bonds. The highest BCUT2D eigenvalue weighted by molar-refractivity contribution is 5.66. The van der Waals surface area contributed by atoms with E-state index in [1.165, 1.54) is 44.1 Å². The van der Waals surface area contributed by atoms with Gasteiger partial charge in [-0.25, -0.2) is 0 Å². The molecule has 0 aliphatic heterocycles. The molecule has 2 heteroatoms. The molecule has 0 heterocycles. The molecule has 0 unspecified atom stereocenters. The molecule has 4 aliphatic rings. The average Bonchev–Trinajstić information content (AvgIpc) is 2.43. The minimum absolute atomic E-state index is 0.380. The van der Waals surface area contributed by atoms with Crippen LogP contribution in [0.3, 0.4) is 0 Å². The normalized spacial score (nSPS) is 38.5. The van der Waals surface area contributed by atoms with Crippen LogP contribution in [0.1, 0.15) is 44.1 Å². The molecule has 0 spiro atoms. The van der Waals surface area contributed by atoms with E-state index in [0.717, 1.165) is 17.8 Å². The minimum Gasteiger partial charge on any atom is -0.391 e. The van der Waals surface area contributed by atoms with Crippen molar-refractivity contribution in [2.24, 2.45) is 28.3 Å². The summed E-state index contributed by atoms with van der Waals surface area (Å²) in [7, 11) is 0. The summed E-state index contributed by atoms with van der Waals surface area (Å²) in [5.41, 5.74) is 1.57. The lowest BCUT2D eigenvalue weighted by molar-refractivity contribution is -0.0120. The molecule has 1 aromatic carbocycles. The summed E-state index contributed by atoms with van der Waals surface area (Å²) in [6.45, 7) is 0.587. The van der Waals surface area contributed by atoms with Crippen molar-refractivity contribution in [1.82, 2.24) is 0 Å². The Morgan fingerprint density at radius 2 is 1.60 bits per heavy atom. The largest absolute Gasteiger partial charge is 0.391 e. The van der Waals surface area contributed by atoms with Crippen LogP contribution in [0.25, 0.3) is 0 Å².